The quantitative estimate of drug-likeness (QED) is 0.274. The summed E-state index contributed by atoms with van der Waals surface area (Å²) in [4.78, 5) is 42.9. The number of hydrogen-bond acceptors (Lipinski definition) is 6. The normalized spacial score (nSPS) is 16.8. The number of carbonyl (C=O) groups excluding carboxylic acids is 3. The minimum absolute atomic E-state index is 0.00294. The van der Waals surface area contributed by atoms with Gasteiger partial charge < -0.3 is 21.3 Å². The van der Waals surface area contributed by atoms with Gasteiger partial charge in [0.2, 0.25) is 5.91 Å². The fourth-order valence-electron chi connectivity index (χ4n) is 6.09. The number of aromatic nitrogens is 1. The lowest BCUT2D eigenvalue weighted by Crippen LogP contribution is -2.47. The zero-order chi connectivity index (χ0) is 30.3. The van der Waals surface area contributed by atoms with Crippen LogP contribution in [0.2, 0.25) is 0 Å². The van der Waals surface area contributed by atoms with Gasteiger partial charge in [-0.15, -0.1) is 0 Å². The Morgan fingerprint density at radius 1 is 0.930 bits per heavy atom. The second-order valence-electron chi connectivity index (χ2n) is 11.8. The molecule has 4 N–H and O–H groups in total. The van der Waals surface area contributed by atoms with Crippen molar-refractivity contribution in [3.8, 4) is 0 Å². The average Bonchev–Trinajstić information content (AvgIpc) is 3.40. The molecule has 228 valence electrons. The number of nitrogens with zero attached hydrogens (tertiary/aromatic N) is 2. The van der Waals surface area contributed by atoms with Crippen molar-refractivity contribution in [1.82, 2.24) is 19.9 Å². The summed E-state index contributed by atoms with van der Waals surface area (Å²) in [7, 11) is 0. The summed E-state index contributed by atoms with van der Waals surface area (Å²) >= 11 is 0.828. The molecule has 1 heterocycles. The molecule has 2 aromatic carbocycles. The maximum atomic E-state index is 15.0. The van der Waals surface area contributed by atoms with Gasteiger partial charge in [-0.3, -0.25) is 14.4 Å². The first-order valence-electron chi connectivity index (χ1n) is 15.3. The first-order chi connectivity index (χ1) is 20.8. The van der Waals surface area contributed by atoms with Crippen LogP contribution in [0.5, 0.6) is 0 Å². The van der Waals surface area contributed by atoms with Crippen molar-refractivity contribution in [1.29, 1.82) is 0 Å². The van der Waals surface area contributed by atoms with Gasteiger partial charge in [0.25, 0.3) is 11.8 Å². The number of carbonyl (C=O) groups is 3. The molecule has 2 saturated carbocycles. The topological polar surface area (TPSA) is 117 Å². The first kappa shape index (κ1) is 30.7. The number of aryl methyl sites for hydroxylation is 1. The highest BCUT2D eigenvalue weighted by atomic mass is 32.1. The number of halogens is 1. The van der Waals surface area contributed by atoms with Crippen LogP contribution in [-0.2, 0) is 11.3 Å². The van der Waals surface area contributed by atoms with Crippen molar-refractivity contribution in [2.45, 2.75) is 95.8 Å². The van der Waals surface area contributed by atoms with Crippen molar-refractivity contribution >= 4 is 34.9 Å². The Bertz CT molecular complexity index is 1430. The number of nitrogens with two attached hydrogens (primary N) is 1. The molecule has 0 radical (unpaired) electrons. The molecule has 8 nitrogen and oxygen atoms in total. The molecule has 5 rings (SSSR count). The van der Waals surface area contributed by atoms with Gasteiger partial charge in [0, 0.05) is 17.6 Å². The molecule has 2 fully saturated rings. The van der Waals surface area contributed by atoms with E-state index in [4.69, 9.17) is 5.73 Å². The second kappa shape index (κ2) is 14.1. The highest BCUT2D eigenvalue weighted by Crippen LogP contribution is 2.32. The predicted octanol–water partition coefficient (Wildman–Crippen LogP) is 6.07. The van der Waals surface area contributed by atoms with Gasteiger partial charge in [-0.05, 0) is 55.8 Å². The molecule has 0 bridgehead atoms. The molecule has 3 aromatic rings. The Hall–Kier alpha value is -3.79. The van der Waals surface area contributed by atoms with Gasteiger partial charge in [0.05, 0.1) is 12.2 Å². The minimum atomic E-state index is -1.06. The number of nitrogen functional groups attached to an aromatic ring is 1. The molecular weight excluding hydrogens is 565 g/mol. The fraction of sp³-hybridized carbons (Fsp3) is 0.455. The third-order valence-electron chi connectivity index (χ3n) is 8.54. The van der Waals surface area contributed by atoms with Crippen LogP contribution >= 0.6 is 11.5 Å². The number of benzene rings is 2. The molecular formula is C33H40FN5O3S. The van der Waals surface area contributed by atoms with Gasteiger partial charge in [-0.25, -0.2) is 4.39 Å². The van der Waals surface area contributed by atoms with E-state index in [9.17, 15) is 18.8 Å². The fourth-order valence-corrected chi connectivity index (χ4v) is 6.84. The molecule has 0 saturated heterocycles. The standard InChI is InChI=1S/C33H40FN5O3S/c1-21-16-18-22(19-17-21)29(32(41)37-25-13-6-3-7-14-25)39(20-23-10-8-9-15-26(23)34)33(42)30-27(35)28(38-43-30)31(40)36-24-11-4-2-5-12-24/h8-10,15-19,24-25,29H,2-7,11-14,20,35H2,1H3,(H,36,40)(H,37,41)/t29-/m0/s1. The molecule has 1 aromatic heterocycles. The van der Waals surface area contributed by atoms with Gasteiger partial charge >= 0.3 is 0 Å². The minimum Gasteiger partial charge on any atom is -0.395 e. The number of amides is 3. The maximum absolute atomic E-state index is 15.0. The summed E-state index contributed by atoms with van der Waals surface area (Å²) < 4.78 is 19.3. The average molecular weight is 606 g/mol. The molecule has 0 spiro atoms. The van der Waals surface area contributed by atoms with Gasteiger partial charge in [-0.1, -0.05) is 86.6 Å². The largest absolute Gasteiger partial charge is 0.395 e. The van der Waals surface area contributed by atoms with Gasteiger partial charge in [0.1, 0.15) is 16.7 Å². The van der Waals surface area contributed by atoms with E-state index in [0.29, 0.717) is 5.56 Å². The molecule has 10 heteroatoms. The predicted molar refractivity (Wildman–Crippen MR) is 166 cm³/mol. The molecule has 0 unspecified atom stereocenters. The van der Waals surface area contributed by atoms with Crippen LogP contribution < -0.4 is 16.4 Å². The van der Waals surface area contributed by atoms with Crippen LogP contribution in [0.15, 0.2) is 48.5 Å². The first-order valence-corrected chi connectivity index (χ1v) is 16.1. The third kappa shape index (κ3) is 7.41. The Labute approximate surface area is 256 Å². The van der Waals surface area contributed by atoms with Crippen LogP contribution in [0.3, 0.4) is 0 Å². The van der Waals surface area contributed by atoms with Crippen LogP contribution in [0.25, 0.3) is 0 Å². The lowest BCUT2D eigenvalue weighted by atomic mass is 9.94. The molecule has 1 atom stereocenters. The lowest BCUT2D eigenvalue weighted by molar-refractivity contribution is -0.127. The Kier molecular flexibility index (Phi) is 10.1. The van der Waals surface area contributed by atoms with E-state index in [1.807, 2.05) is 31.2 Å². The van der Waals surface area contributed by atoms with Gasteiger partial charge in [-0.2, -0.15) is 4.37 Å². The van der Waals surface area contributed by atoms with Crippen LogP contribution in [0, 0.1) is 12.7 Å². The van der Waals surface area contributed by atoms with E-state index in [1.54, 1.807) is 18.2 Å². The Balaban J connectivity index is 1.50. The maximum Gasteiger partial charge on any atom is 0.273 e. The number of rotatable bonds is 9. The lowest BCUT2D eigenvalue weighted by Gasteiger charge is -2.33. The van der Waals surface area contributed by atoms with Crippen molar-refractivity contribution in [2.75, 3.05) is 5.73 Å². The third-order valence-corrected chi connectivity index (χ3v) is 9.39. The second-order valence-corrected chi connectivity index (χ2v) is 12.5. The van der Waals surface area contributed by atoms with E-state index < -0.39 is 23.7 Å². The zero-order valence-electron chi connectivity index (χ0n) is 24.6. The van der Waals surface area contributed by atoms with E-state index in [0.717, 1.165) is 81.3 Å². The molecule has 3 amide bonds. The van der Waals surface area contributed by atoms with Crippen LogP contribution in [0.4, 0.5) is 10.1 Å². The monoisotopic (exact) mass is 605 g/mol. The molecule has 43 heavy (non-hydrogen) atoms. The van der Waals surface area contributed by atoms with Crippen LogP contribution in [0.1, 0.15) is 107 Å². The summed E-state index contributed by atoms with van der Waals surface area (Å²) in [6.07, 6.45) is 9.97. The summed E-state index contributed by atoms with van der Waals surface area (Å²) in [6, 6.07) is 12.6. The smallest absolute Gasteiger partial charge is 0.273 e. The number of hydrogen-bond donors (Lipinski definition) is 3. The zero-order valence-corrected chi connectivity index (χ0v) is 25.4. The van der Waals surface area contributed by atoms with Gasteiger partial charge in [0.15, 0.2) is 5.69 Å². The molecule has 2 aliphatic carbocycles. The van der Waals surface area contributed by atoms with Crippen molar-refractivity contribution in [3.05, 3.63) is 81.6 Å². The van der Waals surface area contributed by atoms with Crippen molar-refractivity contribution < 1.29 is 18.8 Å². The van der Waals surface area contributed by atoms with E-state index in [-0.39, 0.29) is 46.4 Å². The molecule has 2 aliphatic rings. The van der Waals surface area contributed by atoms with E-state index in [1.165, 1.54) is 11.0 Å². The Morgan fingerprint density at radius 3 is 2.16 bits per heavy atom. The summed E-state index contributed by atoms with van der Waals surface area (Å²) in [6.45, 7) is 1.77. The van der Waals surface area contributed by atoms with E-state index in [2.05, 4.69) is 15.0 Å². The number of nitrogens with one attached hydrogen (secondary N) is 2. The van der Waals surface area contributed by atoms with Crippen molar-refractivity contribution in [3.63, 3.8) is 0 Å². The summed E-state index contributed by atoms with van der Waals surface area (Å²) in [5, 5.41) is 6.18. The molecule has 0 aliphatic heterocycles. The summed E-state index contributed by atoms with van der Waals surface area (Å²) in [5.74, 6) is -1.82. The SMILES string of the molecule is Cc1ccc([C@@H](C(=O)NC2CCCCC2)N(Cc2ccccc2F)C(=O)c2snc(C(=O)NC3CCCCC3)c2N)cc1. The van der Waals surface area contributed by atoms with Crippen LogP contribution in [-0.4, -0.2) is 39.1 Å². The van der Waals surface area contributed by atoms with E-state index >= 15 is 0 Å². The number of anilines is 1. The summed E-state index contributed by atoms with van der Waals surface area (Å²) in [5.41, 5.74) is 8.26. The highest BCUT2D eigenvalue weighted by Gasteiger charge is 2.36. The Morgan fingerprint density at radius 2 is 1.53 bits per heavy atom. The van der Waals surface area contributed by atoms with Crippen molar-refractivity contribution in [2.24, 2.45) is 0 Å². The highest BCUT2D eigenvalue weighted by molar-refractivity contribution is 7.09.